The van der Waals surface area contributed by atoms with E-state index >= 15 is 0 Å². The quantitative estimate of drug-likeness (QED) is 0.523. The Morgan fingerprint density at radius 1 is 0.857 bits per heavy atom. The van der Waals surface area contributed by atoms with Crippen molar-refractivity contribution in [1.82, 2.24) is 0 Å². The minimum absolute atomic E-state index is 0.123. The van der Waals surface area contributed by atoms with Crippen LogP contribution in [-0.4, -0.2) is 24.1 Å². The van der Waals surface area contributed by atoms with Gasteiger partial charge in [0.05, 0.1) is 11.1 Å². The number of carbonyl (C=O) groups excluding carboxylic acids is 2. The first kappa shape index (κ1) is 20.1. The summed E-state index contributed by atoms with van der Waals surface area (Å²) in [6.45, 7) is 4.23. The van der Waals surface area contributed by atoms with Gasteiger partial charge in [-0.15, -0.1) is 0 Å². The molecule has 1 saturated carbocycles. The Kier molecular flexibility index (Phi) is 6.85. The Bertz CT molecular complexity index is 772. The zero-order valence-electron chi connectivity index (χ0n) is 16.5. The Balaban J connectivity index is 1.80. The van der Waals surface area contributed by atoms with E-state index in [0.29, 0.717) is 23.5 Å². The highest BCUT2D eigenvalue weighted by molar-refractivity contribution is 5.90. The van der Waals surface area contributed by atoms with E-state index < -0.39 is 12.2 Å². The van der Waals surface area contributed by atoms with E-state index in [2.05, 4.69) is 13.8 Å². The molecule has 28 heavy (non-hydrogen) atoms. The van der Waals surface area contributed by atoms with Crippen LogP contribution in [0.25, 0.3) is 0 Å². The molecule has 0 radical (unpaired) electrons. The van der Waals surface area contributed by atoms with E-state index in [1.54, 1.807) is 24.3 Å². The number of hydrogen-bond acceptors (Lipinski definition) is 4. The van der Waals surface area contributed by atoms with Crippen molar-refractivity contribution >= 4 is 11.9 Å². The van der Waals surface area contributed by atoms with Crippen LogP contribution in [-0.2, 0) is 9.47 Å². The van der Waals surface area contributed by atoms with Crippen LogP contribution in [0.2, 0.25) is 0 Å². The molecule has 0 unspecified atom stereocenters. The molecule has 2 aromatic rings. The predicted octanol–water partition coefficient (Wildman–Crippen LogP) is 5.28. The summed E-state index contributed by atoms with van der Waals surface area (Å²) in [6.07, 6.45) is 2.85. The summed E-state index contributed by atoms with van der Waals surface area (Å²) < 4.78 is 11.8. The second-order valence-corrected chi connectivity index (χ2v) is 7.61. The van der Waals surface area contributed by atoms with Gasteiger partial charge in [-0.2, -0.15) is 0 Å². The fourth-order valence-electron chi connectivity index (χ4n) is 3.83. The lowest BCUT2D eigenvalue weighted by Gasteiger charge is -2.29. The molecule has 4 nitrogen and oxygen atoms in total. The van der Waals surface area contributed by atoms with E-state index in [1.807, 2.05) is 36.4 Å². The standard InChI is InChI=1S/C24H28O4/c1-3-18-15-14-17(2)22(28-24(26)20-12-8-5-9-13-20)21(16-18)27-23(25)19-10-6-4-7-11-19/h4-13,17-18,21-22H,3,14-16H2,1-2H3/t17-,18+,21+,22+/m1/s1. The van der Waals surface area contributed by atoms with Crippen molar-refractivity contribution in [3.63, 3.8) is 0 Å². The summed E-state index contributed by atoms with van der Waals surface area (Å²) in [5.74, 6) is -0.155. The average molecular weight is 380 g/mol. The van der Waals surface area contributed by atoms with Crippen molar-refractivity contribution in [2.75, 3.05) is 0 Å². The van der Waals surface area contributed by atoms with Crippen LogP contribution in [0.15, 0.2) is 60.7 Å². The summed E-state index contributed by atoms with van der Waals surface area (Å²) in [5, 5.41) is 0. The van der Waals surface area contributed by atoms with Crippen molar-refractivity contribution in [2.24, 2.45) is 11.8 Å². The molecule has 3 rings (SSSR count). The number of carbonyl (C=O) groups is 2. The van der Waals surface area contributed by atoms with Gasteiger partial charge in [-0.25, -0.2) is 9.59 Å². The Labute approximate surface area is 166 Å². The maximum absolute atomic E-state index is 12.7. The molecule has 1 aliphatic carbocycles. The Hall–Kier alpha value is -2.62. The summed E-state index contributed by atoms with van der Waals surface area (Å²) in [5.41, 5.74) is 1.03. The van der Waals surface area contributed by atoms with Crippen LogP contribution >= 0.6 is 0 Å². The topological polar surface area (TPSA) is 52.6 Å². The maximum atomic E-state index is 12.7. The van der Waals surface area contributed by atoms with Crippen LogP contribution in [0, 0.1) is 11.8 Å². The highest BCUT2D eigenvalue weighted by atomic mass is 16.6. The van der Waals surface area contributed by atoms with Gasteiger partial charge in [-0.1, -0.05) is 56.7 Å². The van der Waals surface area contributed by atoms with E-state index in [9.17, 15) is 9.59 Å². The lowest BCUT2D eigenvalue weighted by molar-refractivity contribution is -0.0547. The van der Waals surface area contributed by atoms with Gasteiger partial charge in [0.2, 0.25) is 0 Å². The molecule has 2 aromatic carbocycles. The van der Waals surface area contributed by atoms with Crippen LogP contribution < -0.4 is 0 Å². The molecule has 4 atom stereocenters. The zero-order valence-corrected chi connectivity index (χ0v) is 16.5. The fraction of sp³-hybridized carbons (Fsp3) is 0.417. The number of rotatable bonds is 5. The molecule has 0 N–H and O–H groups in total. The van der Waals surface area contributed by atoms with Crippen molar-refractivity contribution < 1.29 is 19.1 Å². The van der Waals surface area contributed by atoms with Crippen molar-refractivity contribution in [2.45, 2.75) is 51.7 Å². The monoisotopic (exact) mass is 380 g/mol. The first-order valence-electron chi connectivity index (χ1n) is 10.1. The van der Waals surface area contributed by atoms with Crippen molar-refractivity contribution in [1.29, 1.82) is 0 Å². The van der Waals surface area contributed by atoms with Crippen LogP contribution in [0.5, 0.6) is 0 Å². The summed E-state index contributed by atoms with van der Waals surface area (Å²) in [6, 6.07) is 17.9. The minimum atomic E-state index is -0.447. The molecule has 0 amide bonds. The molecule has 0 heterocycles. The maximum Gasteiger partial charge on any atom is 0.338 e. The molecule has 0 aliphatic heterocycles. The number of ether oxygens (including phenoxy) is 2. The minimum Gasteiger partial charge on any atom is -0.455 e. The Morgan fingerprint density at radius 3 is 1.93 bits per heavy atom. The predicted molar refractivity (Wildman–Crippen MR) is 108 cm³/mol. The number of hydrogen-bond donors (Lipinski definition) is 0. The molecule has 0 aromatic heterocycles. The second kappa shape index (κ2) is 9.54. The first-order chi connectivity index (χ1) is 13.6. The summed E-state index contributed by atoms with van der Waals surface area (Å²) >= 11 is 0. The molecule has 0 spiro atoms. The second-order valence-electron chi connectivity index (χ2n) is 7.61. The van der Waals surface area contributed by atoms with E-state index in [4.69, 9.17) is 9.47 Å². The highest BCUT2D eigenvalue weighted by Gasteiger charge is 2.38. The lowest BCUT2D eigenvalue weighted by atomic mass is 9.96. The van der Waals surface area contributed by atoms with E-state index in [-0.39, 0.29) is 17.9 Å². The molecule has 148 valence electrons. The van der Waals surface area contributed by atoms with Gasteiger partial charge in [-0.3, -0.25) is 0 Å². The van der Waals surface area contributed by atoms with Gasteiger partial charge >= 0.3 is 11.9 Å². The van der Waals surface area contributed by atoms with E-state index in [1.165, 1.54) is 0 Å². The van der Waals surface area contributed by atoms with Gasteiger partial charge in [0.25, 0.3) is 0 Å². The molecule has 0 bridgehead atoms. The summed E-state index contributed by atoms with van der Waals surface area (Å²) in [7, 11) is 0. The summed E-state index contributed by atoms with van der Waals surface area (Å²) in [4.78, 5) is 25.3. The third-order valence-electron chi connectivity index (χ3n) is 5.62. The van der Waals surface area contributed by atoms with Gasteiger partial charge in [0.1, 0.15) is 12.2 Å². The Morgan fingerprint density at radius 2 is 1.39 bits per heavy atom. The van der Waals surface area contributed by atoms with Crippen molar-refractivity contribution in [3.05, 3.63) is 71.8 Å². The van der Waals surface area contributed by atoms with E-state index in [0.717, 1.165) is 19.3 Å². The van der Waals surface area contributed by atoms with Crippen LogP contribution in [0.4, 0.5) is 0 Å². The lowest BCUT2D eigenvalue weighted by Crippen LogP contribution is -2.39. The third kappa shape index (κ3) is 5.00. The van der Waals surface area contributed by atoms with Crippen molar-refractivity contribution in [3.8, 4) is 0 Å². The zero-order chi connectivity index (χ0) is 19.9. The first-order valence-corrected chi connectivity index (χ1v) is 10.1. The molecular formula is C24H28O4. The van der Waals surface area contributed by atoms with Crippen LogP contribution in [0.1, 0.15) is 60.2 Å². The molecule has 0 saturated heterocycles. The smallest absolute Gasteiger partial charge is 0.338 e. The van der Waals surface area contributed by atoms with Crippen LogP contribution in [0.3, 0.4) is 0 Å². The van der Waals surface area contributed by atoms with Gasteiger partial charge < -0.3 is 9.47 Å². The molecule has 1 fully saturated rings. The van der Waals surface area contributed by atoms with Gasteiger partial charge in [0.15, 0.2) is 0 Å². The molecule has 4 heteroatoms. The largest absolute Gasteiger partial charge is 0.455 e. The van der Waals surface area contributed by atoms with Gasteiger partial charge in [0, 0.05) is 0 Å². The number of esters is 2. The SMILES string of the molecule is CC[C@H]1CC[C@@H](C)[C@H](OC(=O)c2ccccc2)[C@@H](OC(=O)c2ccccc2)C1. The normalized spacial score (nSPS) is 24.8. The highest BCUT2D eigenvalue weighted by Crippen LogP contribution is 2.33. The number of benzene rings is 2. The molecular weight excluding hydrogens is 352 g/mol. The average Bonchev–Trinajstić information content (AvgIpc) is 2.88. The third-order valence-corrected chi connectivity index (χ3v) is 5.62. The van der Waals surface area contributed by atoms with Gasteiger partial charge in [-0.05, 0) is 55.4 Å². The molecule has 1 aliphatic rings. The fourth-order valence-corrected chi connectivity index (χ4v) is 3.83.